The highest BCUT2D eigenvalue weighted by molar-refractivity contribution is 8.00. The highest BCUT2D eigenvalue weighted by Gasteiger charge is 2.19. The zero-order valence-corrected chi connectivity index (χ0v) is 18.7. The number of halogens is 2. The number of aryl methyl sites for hydroxylation is 2. The number of hydrogen-bond acceptors (Lipinski definition) is 7. The first-order chi connectivity index (χ1) is 15.0. The first-order valence-electron chi connectivity index (χ1n) is 9.28. The monoisotopic (exact) mass is 477 g/mol. The summed E-state index contributed by atoms with van der Waals surface area (Å²) < 4.78 is 28.5. The lowest BCUT2D eigenvalue weighted by Gasteiger charge is -2.11. The normalized spacial score (nSPS) is 12.1. The number of carbonyl (C=O) groups is 1. The number of thiophene rings is 1. The van der Waals surface area contributed by atoms with Gasteiger partial charge in [-0.05, 0) is 43.0 Å². The number of thiazole rings is 1. The minimum Gasteiger partial charge on any atom is -0.308 e. The molecule has 11 heteroatoms. The Morgan fingerprint density at radius 1 is 1.26 bits per heavy atom. The molecule has 0 spiro atoms. The Balaban J connectivity index is 1.36. The van der Waals surface area contributed by atoms with Crippen LogP contribution in [0, 0.1) is 11.6 Å². The largest absolute Gasteiger partial charge is 0.308 e. The van der Waals surface area contributed by atoms with Gasteiger partial charge in [0.25, 0.3) is 0 Å². The Morgan fingerprint density at radius 2 is 2.13 bits per heavy atom. The number of rotatable bonds is 8. The number of carbonyl (C=O) groups excluding carboxylic acids is 1. The Labute approximate surface area is 189 Å². The van der Waals surface area contributed by atoms with E-state index in [0.29, 0.717) is 21.5 Å². The lowest BCUT2D eigenvalue weighted by atomic mass is 10.2. The molecule has 0 saturated carbocycles. The van der Waals surface area contributed by atoms with Crippen LogP contribution < -0.4 is 5.32 Å². The third-order valence-electron chi connectivity index (χ3n) is 4.36. The SMILES string of the molecule is CC(Sc1nncn1CCc1cccs1)C(=O)Nc1nc(-c2ccc(F)c(F)c2)cs1. The van der Waals surface area contributed by atoms with Crippen molar-refractivity contribution in [1.29, 1.82) is 0 Å². The molecular formula is C20H17F2N5OS3. The molecule has 0 aliphatic rings. The molecule has 3 heterocycles. The van der Waals surface area contributed by atoms with E-state index >= 15 is 0 Å². The molecule has 6 nitrogen and oxygen atoms in total. The second-order valence-electron chi connectivity index (χ2n) is 6.55. The first kappa shape index (κ1) is 21.6. The molecule has 1 unspecified atom stereocenters. The summed E-state index contributed by atoms with van der Waals surface area (Å²) in [6.45, 7) is 2.51. The minimum atomic E-state index is -0.940. The van der Waals surface area contributed by atoms with Gasteiger partial charge in [-0.1, -0.05) is 17.8 Å². The second-order valence-corrected chi connectivity index (χ2v) is 9.75. The maximum absolute atomic E-state index is 13.5. The topological polar surface area (TPSA) is 72.7 Å². The van der Waals surface area contributed by atoms with E-state index in [1.54, 1.807) is 30.0 Å². The Kier molecular flexibility index (Phi) is 6.73. The summed E-state index contributed by atoms with van der Waals surface area (Å²) in [5, 5.41) is 15.2. The van der Waals surface area contributed by atoms with Crippen LogP contribution in [0.3, 0.4) is 0 Å². The molecule has 1 aromatic carbocycles. The molecule has 1 N–H and O–H groups in total. The van der Waals surface area contributed by atoms with Gasteiger partial charge in [-0.3, -0.25) is 4.79 Å². The van der Waals surface area contributed by atoms with Gasteiger partial charge in [-0.15, -0.1) is 32.9 Å². The van der Waals surface area contributed by atoms with Crippen molar-refractivity contribution < 1.29 is 13.6 Å². The van der Waals surface area contributed by atoms with Gasteiger partial charge in [-0.2, -0.15) is 0 Å². The molecule has 4 aromatic rings. The Bertz CT molecular complexity index is 1180. The van der Waals surface area contributed by atoms with E-state index in [-0.39, 0.29) is 5.91 Å². The highest BCUT2D eigenvalue weighted by atomic mass is 32.2. The van der Waals surface area contributed by atoms with Crippen molar-refractivity contribution in [2.24, 2.45) is 0 Å². The number of aromatic nitrogens is 4. The first-order valence-corrected chi connectivity index (χ1v) is 11.9. The van der Waals surface area contributed by atoms with Crippen LogP contribution in [0.2, 0.25) is 0 Å². The van der Waals surface area contributed by atoms with E-state index in [4.69, 9.17) is 0 Å². The van der Waals surface area contributed by atoms with Crippen molar-refractivity contribution in [3.63, 3.8) is 0 Å². The molecule has 0 aliphatic carbocycles. The van der Waals surface area contributed by atoms with Gasteiger partial charge < -0.3 is 9.88 Å². The van der Waals surface area contributed by atoms with Gasteiger partial charge in [0.05, 0.1) is 10.9 Å². The lowest BCUT2D eigenvalue weighted by molar-refractivity contribution is -0.115. The van der Waals surface area contributed by atoms with Gasteiger partial charge in [-0.25, -0.2) is 13.8 Å². The van der Waals surface area contributed by atoms with E-state index < -0.39 is 16.9 Å². The smallest absolute Gasteiger partial charge is 0.239 e. The fourth-order valence-electron chi connectivity index (χ4n) is 2.71. The summed E-state index contributed by atoms with van der Waals surface area (Å²) in [6.07, 6.45) is 2.53. The van der Waals surface area contributed by atoms with Gasteiger partial charge in [0.15, 0.2) is 21.9 Å². The lowest BCUT2D eigenvalue weighted by Crippen LogP contribution is -2.22. The fraction of sp³-hybridized carbons (Fsp3) is 0.200. The number of benzene rings is 1. The average Bonchev–Trinajstić information content (AvgIpc) is 3.51. The molecular weight excluding hydrogens is 460 g/mol. The summed E-state index contributed by atoms with van der Waals surface area (Å²) in [7, 11) is 0. The van der Waals surface area contributed by atoms with E-state index in [0.717, 1.165) is 25.1 Å². The van der Waals surface area contributed by atoms with Crippen molar-refractivity contribution in [3.8, 4) is 11.3 Å². The molecule has 4 rings (SSSR count). The van der Waals surface area contributed by atoms with E-state index in [1.807, 2.05) is 16.0 Å². The zero-order valence-electron chi connectivity index (χ0n) is 16.3. The van der Waals surface area contributed by atoms with Gasteiger partial charge in [0.2, 0.25) is 5.91 Å². The Morgan fingerprint density at radius 3 is 2.90 bits per heavy atom. The quantitative estimate of drug-likeness (QED) is 0.357. The average molecular weight is 478 g/mol. The number of hydrogen-bond donors (Lipinski definition) is 1. The predicted octanol–water partition coefficient (Wildman–Crippen LogP) is 5.10. The van der Waals surface area contributed by atoms with Crippen LogP contribution in [0.4, 0.5) is 13.9 Å². The maximum atomic E-state index is 13.5. The third-order valence-corrected chi connectivity index (χ3v) is 7.15. The summed E-state index contributed by atoms with van der Waals surface area (Å²) >= 11 is 4.23. The van der Waals surface area contributed by atoms with Gasteiger partial charge >= 0.3 is 0 Å². The van der Waals surface area contributed by atoms with Gasteiger partial charge in [0.1, 0.15) is 6.33 Å². The van der Waals surface area contributed by atoms with Crippen LogP contribution in [0.5, 0.6) is 0 Å². The van der Waals surface area contributed by atoms with Gasteiger partial charge in [0, 0.05) is 22.4 Å². The Hall–Kier alpha value is -2.63. The van der Waals surface area contributed by atoms with Crippen molar-refractivity contribution in [3.05, 3.63) is 63.9 Å². The molecule has 0 radical (unpaired) electrons. The van der Waals surface area contributed by atoms with Crippen molar-refractivity contribution >= 4 is 45.5 Å². The minimum absolute atomic E-state index is 0.232. The van der Waals surface area contributed by atoms with Crippen LogP contribution >= 0.6 is 34.4 Å². The molecule has 0 saturated heterocycles. The molecule has 160 valence electrons. The molecule has 3 aromatic heterocycles. The molecule has 0 fully saturated rings. The molecule has 0 aliphatic heterocycles. The second kappa shape index (κ2) is 9.67. The number of amides is 1. The van der Waals surface area contributed by atoms with E-state index in [1.165, 1.54) is 34.0 Å². The number of thioether (sulfide) groups is 1. The fourth-order valence-corrected chi connectivity index (χ4v) is 4.98. The summed E-state index contributed by atoms with van der Waals surface area (Å²) in [5.41, 5.74) is 0.907. The molecule has 31 heavy (non-hydrogen) atoms. The molecule has 1 amide bonds. The summed E-state index contributed by atoms with van der Waals surface area (Å²) in [6, 6.07) is 7.68. The number of nitrogens with one attached hydrogen (secondary N) is 1. The third kappa shape index (κ3) is 5.35. The zero-order chi connectivity index (χ0) is 21.8. The summed E-state index contributed by atoms with van der Waals surface area (Å²) in [4.78, 5) is 18.2. The van der Waals surface area contributed by atoms with Crippen molar-refractivity contribution in [2.45, 2.75) is 30.3 Å². The summed E-state index contributed by atoms with van der Waals surface area (Å²) in [5.74, 6) is -2.09. The maximum Gasteiger partial charge on any atom is 0.239 e. The molecule has 0 bridgehead atoms. The van der Waals surface area contributed by atoms with Crippen LogP contribution in [0.1, 0.15) is 11.8 Å². The van der Waals surface area contributed by atoms with Crippen molar-refractivity contribution in [1.82, 2.24) is 19.7 Å². The van der Waals surface area contributed by atoms with Crippen LogP contribution in [0.25, 0.3) is 11.3 Å². The van der Waals surface area contributed by atoms with E-state index in [2.05, 4.69) is 26.6 Å². The highest BCUT2D eigenvalue weighted by Crippen LogP contribution is 2.28. The van der Waals surface area contributed by atoms with Crippen LogP contribution in [-0.2, 0) is 17.8 Å². The molecule has 1 atom stereocenters. The van der Waals surface area contributed by atoms with Crippen LogP contribution in [0.15, 0.2) is 52.6 Å². The van der Waals surface area contributed by atoms with Crippen LogP contribution in [-0.4, -0.2) is 30.9 Å². The predicted molar refractivity (Wildman–Crippen MR) is 119 cm³/mol. The van der Waals surface area contributed by atoms with Crippen molar-refractivity contribution in [2.75, 3.05) is 5.32 Å². The number of nitrogens with zero attached hydrogens (tertiary/aromatic N) is 4. The standard InChI is InChI=1S/C20H17F2N5OS3/c1-12(31-20-26-23-11-27(20)7-6-14-3-2-8-29-14)18(28)25-19-24-17(10-30-19)13-4-5-15(21)16(22)9-13/h2-5,8-12H,6-7H2,1H3,(H,24,25,28). The number of anilines is 1. The van der Waals surface area contributed by atoms with E-state index in [9.17, 15) is 13.6 Å².